The summed E-state index contributed by atoms with van der Waals surface area (Å²) in [5.74, 6) is -1.19. The van der Waals surface area contributed by atoms with Crippen molar-refractivity contribution in [1.82, 2.24) is 0 Å². The van der Waals surface area contributed by atoms with E-state index in [2.05, 4.69) is 6.92 Å². The summed E-state index contributed by atoms with van der Waals surface area (Å²) in [5.41, 5.74) is -1.82. The Labute approximate surface area is 193 Å². The highest BCUT2D eigenvalue weighted by molar-refractivity contribution is 5.96. The number of rotatable bonds is 4. The van der Waals surface area contributed by atoms with E-state index in [-0.39, 0.29) is 47.6 Å². The van der Waals surface area contributed by atoms with Crippen molar-refractivity contribution in [3.8, 4) is 0 Å². The van der Waals surface area contributed by atoms with E-state index in [1.54, 1.807) is 6.08 Å². The number of hydrogen-bond acceptors (Lipinski definition) is 8. The van der Waals surface area contributed by atoms with Gasteiger partial charge in [0.2, 0.25) is 5.78 Å². The van der Waals surface area contributed by atoms with Crippen molar-refractivity contribution in [3.63, 3.8) is 0 Å². The van der Waals surface area contributed by atoms with Gasteiger partial charge in [0.05, 0.1) is 7.11 Å². The van der Waals surface area contributed by atoms with Crippen LogP contribution in [0.5, 0.6) is 0 Å². The van der Waals surface area contributed by atoms with Gasteiger partial charge >= 0.3 is 12.1 Å². The molecular weight excluding hydrogens is 428 g/mol. The molecule has 4 aliphatic carbocycles. The van der Waals surface area contributed by atoms with Crippen LogP contribution < -0.4 is 0 Å². The molecule has 8 heteroatoms. The van der Waals surface area contributed by atoms with Gasteiger partial charge in [0.25, 0.3) is 0 Å². The zero-order valence-corrected chi connectivity index (χ0v) is 19.7. The third-order valence-corrected chi connectivity index (χ3v) is 9.06. The van der Waals surface area contributed by atoms with E-state index in [1.165, 1.54) is 14.0 Å². The number of carbonyl (C=O) groups excluding carboxylic acids is 5. The normalized spacial score (nSPS) is 39.5. The minimum atomic E-state index is -1.60. The minimum Gasteiger partial charge on any atom is -0.458 e. The first kappa shape index (κ1) is 23.6. The molecule has 0 aromatic heterocycles. The molecule has 6 atom stereocenters. The van der Waals surface area contributed by atoms with Gasteiger partial charge in [-0.05, 0) is 55.4 Å². The summed E-state index contributed by atoms with van der Waals surface area (Å²) in [5, 5.41) is 0. The third kappa shape index (κ3) is 3.44. The summed E-state index contributed by atoms with van der Waals surface area (Å²) in [6.45, 7) is 4.63. The Hall–Kier alpha value is -2.51. The van der Waals surface area contributed by atoms with Crippen molar-refractivity contribution >= 4 is 29.5 Å². The van der Waals surface area contributed by atoms with Gasteiger partial charge in [-0.15, -0.1) is 0 Å². The lowest BCUT2D eigenvalue weighted by atomic mass is 9.46. The van der Waals surface area contributed by atoms with Crippen LogP contribution in [0.1, 0.15) is 65.7 Å². The first-order valence-electron chi connectivity index (χ1n) is 11.7. The van der Waals surface area contributed by atoms with E-state index < -0.39 is 35.5 Å². The second-order valence-corrected chi connectivity index (χ2v) is 10.5. The number of ketones is 3. The maximum Gasteiger partial charge on any atom is 0.509 e. The van der Waals surface area contributed by atoms with Crippen LogP contribution in [0.4, 0.5) is 4.79 Å². The highest BCUT2D eigenvalue weighted by Gasteiger charge is 2.71. The number of fused-ring (bicyclic) bond motifs is 5. The number of allylic oxidation sites excluding steroid dienone is 1. The maximum atomic E-state index is 13.8. The fourth-order valence-corrected chi connectivity index (χ4v) is 7.52. The number of Topliss-reactive ketones (excluding diaryl/α,β-unsaturated/α-hetero) is 2. The van der Waals surface area contributed by atoms with E-state index in [1.807, 2.05) is 6.92 Å². The predicted molar refractivity (Wildman–Crippen MR) is 115 cm³/mol. The first-order valence-corrected chi connectivity index (χ1v) is 11.7. The van der Waals surface area contributed by atoms with Gasteiger partial charge in [0.1, 0.15) is 5.78 Å². The molecule has 0 aliphatic heterocycles. The molecule has 3 fully saturated rings. The molecule has 33 heavy (non-hydrogen) atoms. The van der Waals surface area contributed by atoms with Crippen molar-refractivity contribution in [1.29, 1.82) is 0 Å². The fraction of sp³-hybridized carbons (Fsp3) is 0.720. The second kappa shape index (κ2) is 8.06. The Bertz CT molecular complexity index is 950. The van der Waals surface area contributed by atoms with Gasteiger partial charge in [-0.2, -0.15) is 0 Å². The standard InChI is InChI=1S/C25H32O8/c1-14(26)32-13-20(29)25(33-22(30)31-4)10-8-18-17-6-5-15-11-16(27)7-9-23(15,2)21(17)19(28)12-24(18,25)3/h11,17-18,21H,5-10,12-13H2,1-4H3/t17-,18-,21+,23-,24-,25-/m0/s1. The molecule has 0 heterocycles. The van der Waals surface area contributed by atoms with E-state index >= 15 is 0 Å². The molecule has 0 bridgehead atoms. The lowest BCUT2D eigenvalue weighted by Gasteiger charge is -2.57. The zero-order valence-electron chi connectivity index (χ0n) is 19.7. The van der Waals surface area contributed by atoms with Crippen LogP contribution in [0, 0.1) is 28.6 Å². The van der Waals surface area contributed by atoms with Gasteiger partial charge in [0, 0.05) is 31.1 Å². The Balaban J connectivity index is 1.73. The van der Waals surface area contributed by atoms with Crippen molar-refractivity contribution in [2.24, 2.45) is 28.6 Å². The van der Waals surface area contributed by atoms with E-state index in [0.717, 1.165) is 18.4 Å². The highest BCUT2D eigenvalue weighted by atomic mass is 16.7. The lowest BCUT2D eigenvalue weighted by molar-refractivity contribution is -0.176. The average Bonchev–Trinajstić information content (AvgIpc) is 3.04. The molecule has 0 amide bonds. The van der Waals surface area contributed by atoms with Crippen molar-refractivity contribution in [2.75, 3.05) is 13.7 Å². The van der Waals surface area contributed by atoms with Gasteiger partial charge < -0.3 is 14.2 Å². The van der Waals surface area contributed by atoms with Crippen LogP contribution in [0.25, 0.3) is 0 Å². The Morgan fingerprint density at radius 2 is 1.82 bits per heavy atom. The van der Waals surface area contributed by atoms with Crippen molar-refractivity contribution in [2.45, 2.75) is 71.3 Å². The minimum absolute atomic E-state index is 0.0243. The molecule has 0 saturated heterocycles. The fourth-order valence-electron chi connectivity index (χ4n) is 7.52. The smallest absolute Gasteiger partial charge is 0.458 e. The van der Waals surface area contributed by atoms with Crippen LogP contribution >= 0.6 is 0 Å². The predicted octanol–water partition coefficient (Wildman–Crippen LogP) is 3.35. The van der Waals surface area contributed by atoms with E-state index in [4.69, 9.17) is 14.2 Å². The van der Waals surface area contributed by atoms with Crippen LogP contribution in [0.3, 0.4) is 0 Å². The lowest BCUT2D eigenvalue weighted by Crippen LogP contribution is -2.62. The van der Waals surface area contributed by atoms with Gasteiger partial charge in [-0.1, -0.05) is 19.4 Å². The molecule has 180 valence electrons. The van der Waals surface area contributed by atoms with Gasteiger partial charge in [-0.3, -0.25) is 19.2 Å². The Kier molecular flexibility index (Phi) is 5.78. The van der Waals surface area contributed by atoms with Crippen LogP contribution in [0.2, 0.25) is 0 Å². The van der Waals surface area contributed by atoms with Crippen molar-refractivity contribution in [3.05, 3.63) is 11.6 Å². The summed E-state index contributed by atoms with van der Waals surface area (Å²) < 4.78 is 15.4. The summed E-state index contributed by atoms with van der Waals surface area (Å²) in [4.78, 5) is 62.8. The maximum absolute atomic E-state index is 13.8. The molecule has 0 radical (unpaired) electrons. The second-order valence-electron chi connectivity index (χ2n) is 10.5. The van der Waals surface area contributed by atoms with Gasteiger partial charge in [-0.25, -0.2) is 4.79 Å². The van der Waals surface area contributed by atoms with Crippen molar-refractivity contribution < 1.29 is 38.2 Å². The summed E-state index contributed by atoms with van der Waals surface area (Å²) >= 11 is 0. The number of carbonyl (C=O) groups is 5. The molecule has 4 rings (SSSR count). The third-order valence-electron chi connectivity index (χ3n) is 9.06. The number of esters is 1. The van der Waals surface area contributed by atoms with E-state index in [9.17, 15) is 24.0 Å². The monoisotopic (exact) mass is 460 g/mol. The number of hydrogen-bond donors (Lipinski definition) is 0. The highest BCUT2D eigenvalue weighted by Crippen LogP contribution is 2.67. The first-order chi connectivity index (χ1) is 15.5. The molecular formula is C25H32O8. The molecule has 4 aliphatic rings. The largest absolute Gasteiger partial charge is 0.509 e. The van der Waals surface area contributed by atoms with Crippen LogP contribution in [0.15, 0.2) is 11.6 Å². The SMILES string of the molecule is COC(=O)O[C@]1(C(=O)COC(C)=O)CC[C@H]2[C@@H]3CCC4=CC(=O)CC[C@]4(C)[C@H]3C(=O)C[C@@]21C. The summed E-state index contributed by atoms with van der Waals surface area (Å²) in [6.07, 6.45) is 4.28. The summed E-state index contributed by atoms with van der Waals surface area (Å²) in [7, 11) is 1.17. The topological polar surface area (TPSA) is 113 Å². The summed E-state index contributed by atoms with van der Waals surface area (Å²) in [6, 6.07) is 0. The Morgan fingerprint density at radius 3 is 2.48 bits per heavy atom. The molecule has 0 N–H and O–H groups in total. The Morgan fingerprint density at radius 1 is 1.09 bits per heavy atom. The zero-order chi connectivity index (χ0) is 24.2. The quantitative estimate of drug-likeness (QED) is 0.587. The number of ether oxygens (including phenoxy) is 3. The van der Waals surface area contributed by atoms with Crippen LogP contribution in [-0.2, 0) is 33.4 Å². The molecule has 3 saturated carbocycles. The van der Waals surface area contributed by atoms with Crippen LogP contribution in [-0.4, -0.2) is 48.8 Å². The molecule has 8 nitrogen and oxygen atoms in total. The molecule has 0 aromatic rings. The molecule has 0 aromatic carbocycles. The van der Waals surface area contributed by atoms with Gasteiger partial charge in [0.15, 0.2) is 18.0 Å². The molecule has 0 spiro atoms. The molecule has 0 unspecified atom stereocenters. The van der Waals surface area contributed by atoms with E-state index in [0.29, 0.717) is 19.3 Å². The number of methoxy groups -OCH3 is 1. The average molecular weight is 461 g/mol.